The Morgan fingerprint density at radius 2 is 2.04 bits per heavy atom. The molecular weight excluding hydrogens is 317 g/mol. The van der Waals surface area contributed by atoms with Gasteiger partial charge in [0.25, 0.3) is 5.91 Å². The van der Waals surface area contributed by atoms with Gasteiger partial charge in [0.05, 0.1) is 23.6 Å². The van der Waals surface area contributed by atoms with Crippen LogP contribution in [0.1, 0.15) is 29.8 Å². The van der Waals surface area contributed by atoms with Crippen LogP contribution in [0.5, 0.6) is 0 Å². The van der Waals surface area contributed by atoms with Crippen molar-refractivity contribution in [2.45, 2.75) is 26.8 Å². The number of fused-ring (bicyclic) bond motifs is 1. The van der Waals surface area contributed by atoms with Crippen molar-refractivity contribution in [1.82, 2.24) is 4.98 Å². The van der Waals surface area contributed by atoms with Gasteiger partial charge in [-0.15, -0.1) is 0 Å². The van der Waals surface area contributed by atoms with Gasteiger partial charge in [0.1, 0.15) is 5.82 Å². The monoisotopic (exact) mass is 333 g/mol. The second-order valence-corrected chi connectivity index (χ2v) is 6.22. The minimum atomic E-state index is -0.434. The minimum Gasteiger partial charge on any atom is -0.350 e. The number of carbonyl (C=O) groups excluding carboxylic acids is 1. The second-order valence-electron chi connectivity index (χ2n) is 5.87. The molecule has 120 valence electrons. The number of carbonyl (C=O) groups is 1. The molecule has 1 aromatic carbocycles. The fourth-order valence-corrected chi connectivity index (χ4v) is 3.13. The van der Waals surface area contributed by atoms with Crippen molar-refractivity contribution in [3.05, 3.63) is 52.6 Å². The Hall–Kier alpha value is -2.14. The quantitative estimate of drug-likeness (QED) is 0.779. The highest BCUT2D eigenvalue weighted by molar-refractivity contribution is 6.33. The highest BCUT2D eigenvalue weighted by atomic mass is 35.5. The summed E-state index contributed by atoms with van der Waals surface area (Å²) < 4.78 is 13.7. The number of halogens is 2. The smallest absolute Gasteiger partial charge is 0.262 e. The lowest BCUT2D eigenvalue weighted by atomic mass is 10.1. The topological polar surface area (TPSA) is 36.4 Å². The summed E-state index contributed by atoms with van der Waals surface area (Å²) >= 11 is 6.22. The predicted octanol–water partition coefficient (Wildman–Crippen LogP) is 4.02. The van der Waals surface area contributed by atoms with Crippen LogP contribution >= 0.6 is 11.6 Å². The summed E-state index contributed by atoms with van der Waals surface area (Å²) in [5, 5.41) is 0.266. The lowest BCUT2D eigenvalue weighted by Crippen LogP contribution is -2.50. The molecule has 1 aliphatic rings. The largest absolute Gasteiger partial charge is 0.350 e. The number of rotatable bonds is 2. The Bertz CT molecular complexity index is 758. The van der Waals surface area contributed by atoms with E-state index in [9.17, 15) is 9.18 Å². The normalized spacial score (nSPS) is 14.4. The van der Waals surface area contributed by atoms with E-state index in [-0.39, 0.29) is 17.1 Å². The van der Waals surface area contributed by atoms with Gasteiger partial charge in [-0.2, -0.15) is 0 Å². The Kier molecular flexibility index (Phi) is 3.98. The van der Waals surface area contributed by atoms with E-state index in [0.29, 0.717) is 17.9 Å². The maximum absolute atomic E-state index is 13.7. The second kappa shape index (κ2) is 5.81. The maximum Gasteiger partial charge on any atom is 0.262 e. The van der Waals surface area contributed by atoms with Crippen LogP contribution in [0.25, 0.3) is 0 Å². The molecule has 6 heteroatoms. The molecule has 1 amide bonds. The van der Waals surface area contributed by atoms with Gasteiger partial charge in [-0.1, -0.05) is 11.6 Å². The number of aromatic nitrogens is 1. The molecule has 0 saturated heterocycles. The Balaban J connectivity index is 2.16. The van der Waals surface area contributed by atoms with Gasteiger partial charge >= 0.3 is 0 Å². The van der Waals surface area contributed by atoms with Crippen LogP contribution in [-0.4, -0.2) is 23.6 Å². The van der Waals surface area contributed by atoms with Gasteiger partial charge in [0.15, 0.2) is 5.15 Å². The third-order valence-electron chi connectivity index (χ3n) is 4.01. The number of hydrogen-bond acceptors (Lipinski definition) is 3. The fraction of sp³-hybridized carbons (Fsp3) is 0.294. The average molecular weight is 334 g/mol. The third-order valence-corrected chi connectivity index (χ3v) is 4.29. The third kappa shape index (κ3) is 2.65. The first-order valence-corrected chi connectivity index (χ1v) is 7.77. The molecule has 23 heavy (non-hydrogen) atoms. The summed E-state index contributed by atoms with van der Waals surface area (Å²) in [5.74, 6) is -0.703. The molecule has 0 bridgehead atoms. The summed E-state index contributed by atoms with van der Waals surface area (Å²) in [6, 6.07) is 6.25. The van der Waals surface area contributed by atoms with E-state index < -0.39 is 5.82 Å². The number of nitrogens with zero attached hydrogens (tertiary/aromatic N) is 3. The molecule has 4 nitrogen and oxygen atoms in total. The summed E-state index contributed by atoms with van der Waals surface area (Å²) in [6.07, 6.45) is 1.60. The van der Waals surface area contributed by atoms with Gasteiger partial charge in [-0.3, -0.25) is 9.69 Å². The first kappa shape index (κ1) is 15.7. The highest BCUT2D eigenvalue weighted by Gasteiger charge is 2.33. The number of pyridine rings is 1. The van der Waals surface area contributed by atoms with E-state index in [2.05, 4.69) is 4.98 Å². The van der Waals surface area contributed by atoms with E-state index in [1.54, 1.807) is 23.2 Å². The van der Waals surface area contributed by atoms with Crippen molar-refractivity contribution in [2.24, 2.45) is 0 Å². The predicted molar refractivity (Wildman–Crippen MR) is 89.7 cm³/mol. The van der Waals surface area contributed by atoms with Crippen LogP contribution in [-0.2, 0) is 0 Å². The van der Waals surface area contributed by atoms with E-state index in [0.717, 1.165) is 11.3 Å². The zero-order valence-corrected chi connectivity index (χ0v) is 13.9. The summed E-state index contributed by atoms with van der Waals surface area (Å²) in [7, 11) is 0. The number of aryl methyl sites for hydroxylation is 1. The standard InChI is InChI=1S/C17H17ClFN3O/c1-10(2)21-9-22(15-11(3)6-7-20-16(15)18)17(23)13-8-12(19)4-5-14(13)21/h4-8,10H,9H2,1-3H3. The number of benzene rings is 1. The van der Waals surface area contributed by atoms with Crippen LogP contribution < -0.4 is 9.80 Å². The van der Waals surface area contributed by atoms with Crippen molar-refractivity contribution in [3.8, 4) is 0 Å². The molecule has 0 N–H and O–H groups in total. The Labute approximate surface area is 139 Å². The van der Waals surface area contributed by atoms with Crippen LogP contribution in [0, 0.1) is 12.7 Å². The first-order chi connectivity index (χ1) is 10.9. The van der Waals surface area contributed by atoms with E-state index in [1.807, 2.05) is 25.7 Å². The molecule has 0 aliphatic carbocycles. The van der Waals surface area contributed by atoms with Gasteiger partial charge in [0, 0.05) is 12.2 Å². The van der Waals surface area contributed by atoms with Gasteiger partial charge in [-0.05, 0) is 50.6 Å². The van der Waals surface area contributed by atoms with Crippen molar-refractivity contribution >= 4 is 28.9 Å². The highest BCUT2D eigenvalue weighted by Crippen LogP contribution is 2.35. The fourth-order valence-electron chi connectivity index (χ4n) is 2.82. The summed E-state index contributed by atoms with van der Waals surface area (Å²) in [6.45, 7) is 6.27. The molecule has 0 saturated carbocycles. The molecule has 0 fully saturated rings. The molecule has 2 heterocycles. The van der Waals surface area contributed by atoms with Crippen molar-refractivity contribution in [2.75, 3.05) is 16.5 Å². The average Bonchev–Trinajstić information content (AvgIpc) is 2.49. The molecule has 0 spiro atoms. The van der Waals surface area contributed by atoms with Crippen LogP contribution in [0.2, 0.25) is 5.15 Å². The SMILES string of the molecule is Cc1ccnc(Cl)c1N1CN(C(C)C)c2ccc(F)cc2C1=O. The lowest BCUT2D eigenvalue weighted by molar-refractivity contribution is 0.0981. The molecule has 0 unspecified atom stereocenters. The molecule has 0 atom stereocenters. The van der Waals surface area contributed by atoms with Crippen LogP contribution in [0.15, 0.2) is 30.5 Å². The maximum atomic E-state index is 13.7. The Morgan fingerprint density at radius 3 is 2.70 bits per heavy atom. The van der Waals surface area contributed by atoms with E-state index in [1.165, 1.54) is 12.1 Å². The van der Waals surface area contributed by atoms with Crippen molar-refractivity contribution < 1.29 is 9.18 Å². The lowest BCUT2D eigenvalue weighted by Gasteiger charge is -2.40. The number of hydrogen-bond donors (Lipinski definition) is 0. The van der Waals surface area contributed by atoms with Crippen molar-refractivity contribution in [1.29, 1.82) is 0 Å². The zero-order valence-electron chi connectivity index (χ0n) is 13.2. The molecule has 2 aromatic rings. The van der Waals surface area contributed by atoms with E-state index >= 15 is 0 Å². The number of anilines is 2. The summed E-state index contributed by atoms with van der Waals surface area (Å²) in [4.78, 5) is 20.6. The molecule has 1 aliphatic heterocycles. The molecular formula is C17H17ClFN3O. The minimum absolute atomic E-state index is 0.144. The van der Waals surface area contributed by atoms with Gasteiger partial charge in [-0.25, -0.2) is 9.37 Å². The van der Waals surface area contributed by atoms with Crippen LogP contribution in [0.3, 0.4) is 0 Å². The zero-order chi connectivity index (χ0) is 16.7. The molecule has 0 radical (unpaired) electrons. The molecule has 1 aromatic heterocycles. The summed E-state index contributed by atoms with van der Waals surface area (Å²) in [5.41, 5.74) is 2.49. The van der Waals surface area contributed by atoms with E-state index in [4.69, 9.17) is 11.6 Å². The first-order valence-electron chi connectivity index (χ1n) is 7.39. The van der Waals surface area contributed by atoms with Gasteiger partial charge in [0.2, 0.25) is 0 Å². The van der Waals surface area contributed by atoms with Crippen molar-refractivity contribution in [3.63, 3.8) is 0 Å². The van der Waals surface area contributed by atoms with Gasteiger partial charge < -0.3 is 4.90 Å². The number of amides is 1. The Morgan fingerprint density at radius 1 is 1.30 bits per heavy atom. The van der Waals surface area contributed by atoms with Crippen LogP contribution in [0.4, 0.5) is 15.8 Å². The molecule has 3 rings (SSSR count).